The van der Waals surface area contributed by atoms with Crippen molar-refractivity contribution in [3.63, 3.8) is 0 Å². The lowest BCUT2D eigenvalue weighted by Crippen LogP contribution is -2.09. The highest BCUT2D eigenvalue weighted by molar-refractivity contribution is 5.82. The Bertz CT molecular complexity index is 252. The topological polar surface area (TPSA) is 40.9 Å². The largest absolute Gasteiger partial charge is 0.298 e. The Balaban J connectivity index is 3.98. The van der Waals surface area contributed by atoms with Crippen molar-refractivity contribution in [3.05, 3.63) is 12.2 Å². The second-order valence-electron chi connectivity index (χ2n) is 4.71. The predicted octanol–water partition coefficient (Wildman–Crippen LogP) is 3.10. The van der Waals surface area contributed by atoms with Crippen LogP contribution in [0, 0.1) is 22.7 Å². The number of allylic oxidation sites excluding steroid dienone is 2. The van der Waals surface area contributed by atoms with Gasteiger partial charge < -0.3 is 0 Å². The molecule has 0 rings (SSSR count). The minimum absolute atomic E-state index is 0.0323. The molecule has 0 aliphatic rings. The van der Waals surface area contributed by atoms with Gasteiger partial charge in [0.15, 0.2) is 0 Å². The number of nitrogens with zero attached hydrogens (tertiary/aromatic N) is 1. The molecule has 0 aromatic carbocycles. The number of hydrogen-bond donors (Lipinski definition) is 0. The third-order valence-electron chi connectivity index (χ3n) is 1.91. The summed E-state index contributed by atoms with van der Waals surface area (Å²) < 4.78 is 0. The maximum absolute atomic E-state index is 11.2. The van der Waals surface area contributed by atoms with Gasteiger partial charge in [0, 0.05) is 5.92 Å². The van der Waals surface area contributed by atoms with E-state index in [1.54, 1.807) is 0 Å². The zero-order valence-electron chi connectivity index (χ0n) is 9.50. The Kier molecular flexibility index (Phi) is 5.15. The third-order valence-corrected chi connectivity index (χ3v) is 1.91. The van der Waals surface area contributed by atoms with Crippen molar-refractivity contribution in [1.82, 2.24) is 0 Å². The van der Waals surface area contributed by atoms with Crippen molar-refractivity contribution >= 4 is 5.78 Å². The molecular weight excluding hydrogens is 174 g/mol. The van der Waals surface area contributed by atoms with Crippen LogP contribution in [-0.2, 0) is 4.79 Å². The molecule has 78 valence electrons. The molecule has 14 heavy (non-hydrogen) atoms. The molecule has 2 nitrogen and oxygen atoms in total. The number of carbonyl (C=O) groups excluding carboxylic acids is 1. The van der Waals surface area contributed by atoms with Crippen molar-refractivity contribution in [2.75, 3.05) is 0 Å². The van der Waals surface area contributed by atoms with Gasteiger partial charge in [-0.25, -0.2) is 0 Å². The van der Waals surface area contributed by atoms with Crippen molar-refractivity contribution in [3.8, 4) is 6.07 Å². The Morgan fingerprint density at radius 3 is 2.50 bits per heavy atom. The normalized spacial score (nSPS) is 13.9. The molecule has 0 saturated carbocycles. The lowest BCUT2D eigenvalue weighted by molar-refractivity contribution is -0.121. The van der Waals surface area contributed by atoms with Crippen LogP contribution in [0.3, 0.4) is 0 Å². The van der Waals surface area contributed by atoms with E-state index in [0.29, 0.717) is 0 Å². The van der Waals surface area contributed by atoms with Gasteiger partial charge in [-0.05, 0) is 11.8 Å². The molecular formula is C12H19NO. The molecule has 0 amide bonds. The standard InChI is InChI=1S/C12H19NO/c1-10(11(14)7-9-13)6-5-8-12(2,3)4/h5,8,10H,6-7H2,1-4H3/b8-5+. The molecule has 0 aromatic heterocycles. The molecule has 0 aliphatic carbocycles. The van der Waals surface area contributed by atoms with E-state index in [0.717, 1.165) is 6.42 Å². The van der Waals surface area contributed by atoms with Crippen molar-refractivity contribution in [2.24, 2.45) is 11.3 Å². The fraction of sp³-hybridized carbons (Fsp3) is 0.667. The van der Waals surface area contributed by atoms with E-state index in [4.69, 9.17) is 5.26 Å². The zero-order chi connectivity index (χ0) is 11.2. The molecule has 0 saturated heterocycles. The lowest BCUT2D eigenvalue weighted by atomic mass is 9.93. The first kappa shape index (κ1) is 12.9. The molecule has 0 N–H and O–H groups in total. The van der Waals surface area contributed by atoms with Gasteiger partial charge in [0.05, 0.1) is 12.5 Å². The quantitative estimate of drug-likeness (QED) is 0.644. The van der Waals surface area contributed by atoms with Crippen LogP contribution in [-0.4, -0.2) is 5.78 Å². The molecule has 0 fully saturated rings. The van der Waals surface area contributed by atoms with Crippen molar-refractivity contribution in [1.29, 1.82) is 5.26 Å². The Labute approximate surface area is 86.6 Å². The van der Waals surface area contributed by atoms with E-state index in [1.807, 2.05) is 19.1 Å². The number of rotatable bonds is 4. The molecule has 1 unspecified atom stereocenters. The Hall–Kier alpha value is -1.10. The van der Waals surface area contributed by atoms with Gasteiger partial charge in [0.1, 0.15) is 5.78 Å². The molecule has 1 atom stereocenters. The molecule has 0 aliphatic heterocycles. The lowest BCUT2D eigenvalue weighted by Gasteiger charge is -2.12. The number of Topliss-reactive ketones (excluding diaryl/α,β-unsaturated/α-hetero) is 1. The molecule has 0 radical (unpaired) electrons. The van der Waals surface area contributed by atoms with Gasteiger partial charge in [-0.1, -0.05) is 39.8 Å². The van der Waals surface area contributed by atoms with Crippen LogP contribution in [0.2, 0.25) is 0 Å². The third kappa shape index (κ3) is 6.42. The smallest absolute Gasteiger partial charge is 0.150 e. The average Bonchev–Trinajstić information content (AvgIpc) is 2.02. The second-order valence-corrected chi connectivity index (χ2v) is 4.71. The monoisotopic (exact) mass is 193 g/mol. The maximum atomic E-state index is 11.2. The Morgan fingerprint density at radius 2 is 2.07 bits per heavy atom. The summed E-state index contributed by atoms with van der Waals surface area (Å²) in [5, 5.41) is 8.35. The summed E-state index contributed by atoms with van der Waals surface area (Å²) in [6.45, 7) is 8.22. The van der Waals surface area contributed by atoms with Crippen LogP contribution >= 0.6 is 0 Å². The van der Waals surface area contributed by atoms with Gasteiger partial charge in [-0.15, -0.1) is 0 Å². The molecule has 0 bridgehead atoms. The number of nitriles is 1. The van der Waals surface area contributed by atoms with Gasteiger partial charge in [-0.3, -0.25) is 4.79 Å². The summed E-state index contributed by atoms with van der Waals surface area (Å²) in [4.78, 5) is 11.2. The highest BCUT2D eigenvalue weighted by Gasteiger charge is 2.11. The van der Waals surface area contributed by atoms with Crippen molar-refractivity contribution in [2.45, 2.75) is 40.5 Å². The molecule has 2 heteroatoms. The van der Waals surface area contributed by atoms with Crippen LogP contribution in [0.4, 0.5) is 0 Å². The van der Waals surface area contributed by atoms with E-state index < -0.39 is 0 Å². The summed E-state index contributed by atoms with van der Waals surface area (Å²) in [5.74, 6) is -0.000640. The van der Waals surface area contributed by atoms with E-state index >= 15 is 0 Å². The van der Waals surface area contributed by atoms with E-state index in [2.05, 4.69) is 26.8 Å². The summed E-state index contributed by atoms with van der Waals surface area (Å²) in [6, 6.07) is 1.88. The van der Waals surface area contributed by atoms with Gasteiger partial charge in [-0.2, -0.15) is 5.26 Å². The van der Waals surface area contributed by atoms with Crippen LogP contribution in [0.15, 0.2) is 12.2 Å². The predicted molar refractivity (Wildman–Crippen MR) is 57.6 cm³/mol. The highest BCUT2D eigenvalue weighted by Crippen LogP contribution is 2.16. The van der Waals surface area contributed by atoms with Gasteiger partial charge in [0.2, 0.25) is 0 Å². The summed E-state index contributed by atoms with van der Waals surface area (Å²) >= 11 is 0. The van der Waals surface area contributed by atoms with E-state index in [-0.39, 0.29) is 23.5 Å². The number of ketones is 1. The minimum Gasteiger partial charge on any atom is -0.298 e. The Morgan fingerprint density at radius 1 is 1.50 bits per heavy atom. The highest BCUT2D eigenvalue weighted by atomic mass is 16.1. The summed E-state index contributed by atoms with van der Waals surface area (Å²) in [7, 11) is 0. The molecule has 0 spiro atoms. The number of carbonyl (C=O) groups is 1. The molecule has 0 aromatic rings. The fourth-order valence-corrected chi connectivity index (χ4v) is 1.01. The van der Waals surface area contributed by atoms with Crippen LogP contribution in [0.25, 0.3) is 0 Å². The van der Waals surface area contributed by atoms with Crippen LogP contribution in [0.5, 0.6) is 0 Å². The average molecular weight is 193 g/mol. The summed E-state index contributed by atoms with van der Waals surface area (Å²) in [5.41, 5.74) is 0.165. The first-order chi connectivity index (χ1) is 6.37. The zero-order valence-corrected chi connectivity index (χ0v) is 9.50. The van der Waals surface area contributed by atoms with E-state index in [9.17, 15) is 4.79 Å². The SMILES string of the molecule is CC(C/C=C/C(C)(C)C)C(=O)CC#N. The fourth-order valence-electron chi connectivity index (χ4n) is 1.01. The van der Waals surface area contributed by atoms with Crippen LogP contribution < -0.4 is 0 Å². The molecule has 0 heterocycles. The van der Waals surface area contributed by atoms with Gasteiger partial charge >= 0.3 is 0 Å². The summed E-state index contributed by atoms with van der Waals surface area (Å²) in [6.07, 6.45) is 4.89. The van der Waals surface area contributed by atoms with Crippen molar-refractivity contribution < 1.29 is 4.79 Å². The second kappa shape index (κ2) is 5.59. The minimum atomic E-state index is -0.0340. The first-order valence-electron chi connectivity index (χ1n) is 4.94. The van der Waals surface area contributed by atoms with Crippen LogP contribution in [0.1, 0.15) is 40.5 Å². The maximum Gasteiger partial charge on any atom is 0.150 e. The first-order valence-corrected chi connectivity index (χ1v) is 4.94. The van der Waals surface area contributed by atoms with E-state index in [1.165, 1.54) is 0 Å². The van der Waals surface area contributed by atoms with Gasteiger partial charge in [0.25, 0.3) is 0 Å². The number of hydrogen-bond acceptors (Lipinski definition) is 2.